The summed E-state index contributed by atoms with van der Waals surface area (Å²) in [7, 11) is 0. The third-order valence-corrected chi connectivity index (χ3v) is 3.52. The van der Waals surface area contributed by atoms with Gasteiger partial charge in [-0.15, -0.1) is 0 Å². The zero-order chi connectivity index (χ0) is 17.8. The summed E-state index contributed by atoms with van der Waals surface area (Å²) in [5, 5.41) is 7.42. The molecule has 0 saturated carbocycles. The Morgan fingerprint density at radius 3 is 2.92 bits per heavy atom. The fourth-order valence-corrected chi connectivity index (χ4v) is 2.49. The molecule has 0 unspecified atom stereocenters. The highest BCUT2D eigenvalue weighted by atomic mass is 16.5. The second-order valence-corrected chi connectivity index (χ2v) is 5.83. The summed E-state index contributed by atoms with van der Waals surface area (Å²) in [6.45, 7) is 4.76. The Balaban J connectivity index is 1.82. The summed E-state index contributed by atoms with van der Waals surface area (Å²) >= 11 is 0. The molecule has 1 aromatic carbocycles. The van der Waals surface area contributed by atoms with Gasteiger partial charge in [-0.2, -0.15) is 5.10 Å². The van der Waals surface area contributed by atoms with Crippen molar-refractivity contribution in [3.8, 4) is 5.75 Å². The van der Waals surface area contributed by atoms with Gasteiger partial charge >= 0.3 is 5.63 Å². The van der Waals surface area contributed by atoms with E-state index < -0.39 is 5.63 Å². The van der Waals surface area contributed by atoms with Crippen LogP contribution in [0.5, 0.6) is 5.75 Å². The van der Waals surface area contributed by atoms with Crippen LogP contribution in [0.2, 0.25) is 0 Å². The zero-order valence-electron chi connectivity index (χ0n) is 14.1. The number of fused-ring (bicyclic) bond motifs is 1. The molecule has 0 fully saturated rings. The summed E-state index contributed by atoms with van der Waals surface area (Å²) in [6.07, 6.45) is 3.49. The van der Waals surface area contributed by atoms with E-state index in [2.05, 4.69) is 10.4 Å². The Kier molecular flexibility index (Phi) is 4.83. The number of amides is 1. The molecule has 0 aliphatic carbocycles. The molecule has 0 aliphatic heterocycles. The molecule has 2 heterocycles. The van der Waals surface area contributed by atoms with Crippen LogP contribution in [-0.2, 0) is 6.54 Å². The molecule has 3 rings (SSSR count). The van der Waals surface area contributed by atoms with Gasteiger partial charge in [0.05, 0.1) is 18.2 Å². The molecule has 3 aromatic rings. The van der Waals surface area contributed by atoms with Crippen LogP contribution in [-0.4, -0.2) is 28.3 Å². The molecular formula is C18H19N3O4. The van der Waals surface area contributed by atoms with Crippen LogP contribution in [0, 0.1) is 0 Å². The molecule has 0 bridgehead atoms. The van der Waals surface area contributed by atoms with Crippen LogP contribution < -0.4 is 15.7 Å². The monoisotopic (exact) mass is 341 g/mol. The minimum Gasteiger partial charge on any atom is -0.491 e. The summed E-state index contributed by atoms with van der Waals surface area (Å²) in [5.74, 6) is 0.254. The van der Waals surface area contributed by atoms with Gasteiger partial charge in [0.1, 0.15) is 11.3 Å². The number of rotatable bonds is 6. The fraction of sp³-hybridized carbons (Fsp3) is 0.278. The van der Waals surface area contributed by atoms with E-state index in [1.54, 1.807) is 29.1 Å². The molecule has 0 atom stereocenters. The second kappa shape index (κ2) is 7.21. The van der Waals surface area contributed by atoms with Gasteiger partial charge in [0, 0.05) is 36.5 Å². The molecular weight excluding hydrogens is 322 g/mol. The summed E-state index contributed by atoms with van der Waals surface area (Å²) in [6, 6.07) is 8.11. The normalized spacial score (nSPS) is 11.0. The van der Waals surface area contributed by atoms with Crippen molar-refractivity contribution in [2.24, 2.45) is 0 Å². The SMILES string of the molecule is CC(C)Oc1ccc2c(C(=O)NCCn3cccn3)cc(=O)oc2c1. The zero-order valence-corrected chi connectivity index (χ0v) is 14.1. The van der Waals surface area contributed by atoms with Crippen molar-refractivity contribution in [3.05, 3.63) is 58.7 Å². The highest BCUT2D eigenvalue weighted by Gasteiger charge is 2.14. The van der Waals surface area contributed by atoms with Gasteiger partial charge < -0.3 is 14.5 Å². The van der Waals surface area contributed by atoms with Gasteiger partial charge in [-0.05, 0) is 32.0 Å². The maximum Gasteiger partial charge on any atom is 0.337 e. The highest BCUT2D eigenvalue weighted by molar-refractivity contribution is 6.05. The summed E-state index contributed by atoms with van der Waals surface area (Å²) in [4.78, 5) is 24.3. The number of aromatic nitrogens is 2. The van der Waals surface area contributed by atoms with Crippen molar-refractivity contribution in [3.63, 3.8) is 0 Å². The average molecular weight is 341 g/mol. The maximum atomic E-state index is 12.4. The third kappa shape index (κ3) is 4.06. The molecule has 1 N–H and O–H groups in total. The fourth-order valence-electron chi connectivity index (χ4n) is 2.49. The van der Waals surface area contributed by atoms with Gasteiger partial charge in [-0.25, -0.2) is 4.79 Å². The molecule has 0 aliphatic rings. The summed E-state index contributed by atoms with van der Waals surface area (Å²) < 4.78 is 12.5. The van der Waals surface area contributed by atoms with E-state index in [1.807, 2.05) is 26.1 Å². The quantitative estimate of drug-likeness (QED) is 0.695. The largest absolute Gasteiger partial charge is 0.491 e. The lowest BCUT2D eigenvalue weighted by molar-refractivity contribution is 0.0953. The number of nitrogens with one attached hydrogen (secondary N) is 1. The van der Waals surface area contributed by atoms with Gasteiger partial charge in [0.2, 0.25) is 0 Å². The van der Waals surface area contributed by atoms with Crippen molar-refractivity contribution in [2.75, 3.05) is 6.54 Å². The topological polar surface area (TPSA) is 86.4 Å². The van der Waals surface area contributed by atoms with Crippen LogP contribution in [0.4, 0.5) is 0 Å². The predicted molar refractivity (Wildman–Crippen MR) is 92.8 cm³/mol. The van der Waals surface area contributed by atoms with E-state index in [4.69, 9.17) is 9.15 Å². The van der Waals surface area contributed by atoms with Crippen LogP contribution in [0.25, 0.3) is 11.0 Å². The Bertz CT molecular complexity index is 929. The van der Waals surface area contributed by atoms with E-state index in [-0.39, 0.29) is 17.6 Å². The predicted octanol–water partition coefficient (Wildman–Crippen LogP) is 2.21. The van der Waals surface area contributed by atoms with Crippen LogP contribution in [0.15, 0.2) is 51.9 Å². The molecule has 130 valence electrons. The minimum atomic E-state index is -0.577. The van der Waals surface area contributed by atoms with Crippen molar-refractivity contribution >= 4 is 16.9 Å². The molecule has 0 saturated heterocycles. The molecule has 1 amide bonds. The first-order valence-electron chi connectivity index (χ1n) is 8.03. The Labute approximate surface area is 144 Å². The highest BCUT2D eigenvalue weighted by Crippen LogP contribution is 2.23. The Hall–Kier alpha value is -3.09. The lowest BCUT2D eigenvalue weighted by Crippen LogP contribution is -2.28. The minimum absolute atomic E-state index is 0.00190. The molecule has 7 nitrogen and oxygen atoms in total. The first-order valence-corrected chi connectivity index (χ1v) is 8.03. The van der Waals surface area contributed by atoms with E-state index >= 15 is 0 Å². The van der Waals surface area contributed by atoms with Crippen molar-refractivity contribution in [1.29, 1.82) is 0 Å². The van der Waals surface area contributed by atoms with Gasteiger partial charge in [-0.1, -0.05) is 0 Å². The van der Waals surface area contributed by atoms with Gasteiger partial charge in [0.25, 0.3) is 5.91 Å². The standard InChI is InChI=1S/C18H19N3O4/c1-12(2)24-13-4-5-14-15(11-17(22)25-16(14)10-13)18(23)19-7-9-21-8-3-6-20-21/h3-6,8,10-12H,7,9H2,1-2H3,(H,19,23). The van der Waals surface area contributed by atoms with E-state index in [9.17, 15) is 9.59 Å². The number of hydrogen-bond acceptors (Lipinski definition) is 5. The maximum absolute atomic E-state index is 12.4. The number of benzene rings is 1. The van der Waals surface area contributed by atoms with Crippen molar-refractivity contribution < 1.29 is 13.9 Å². The first kappa shape index (κ1) is 16.8. The summed E-state index contributed by atoms with van der Waals surface area (Å²) in [5.41, 5.74) is 0.0251. The number of ether oxygens (including phenoxy) is 1. The van der Waals surface area contributed by atoms with Crippen LogP contribution in [0.1, 0.15) is 24.2 Å². The Morgan fingerprint density at radius 1 is 1.36 bits per heavy atom. The number of carbonyl (C=O) groups is 1. The van der Waals surface area contributed by atoms with E-state index in [0.29, 0.717) is 29.8 Å². The van der Waals surface area contributed by atoms with Gasteiger partial charge in [-0.3, -0.25) is 9.48 Å². The Morgan fingerprint density at radius 2 is 2.20 bits per heavy atom. The number of hydrogen-bond donors (Lipinski definition) is 1. The van der Waals surface area contributed by atoms with Crippen molar-refractivity contribution in [1.82, 2.24) is 15.1 Å². The third-order valence-electron chi connectivity index (χ3n) is 3.52. The van der Waals surface area contributed by atoms with Crippen LogP contribution in [0.3, 0.4) is 0 Å². The van der Waals surface area contributed by atoms with Crippen LogP contribution >= 0.6 is 0 Å². The lowest BCUT2D eigenvalue weighted by Gasteiger charge is -2.11. The van der Waals surface area contributed by atoms with E-state index in [0.717, 1.165) is 0 Å². The number of carbonyl (C=O) groups excluding carboxylic acids is 1. The van der Waals surface area contributed by atoms with E-state index in [1.165, 1.54) is 6.07 Å². The molecule has 0 spiro atoms. The molecule has 25 heavy (non-hydrogen) atoms. The molecule has 0 radical (unpaired) electrons. The smallest absolute Gasteiger partial charge is 0.337 e. The molecule has 2 aromatic heterocycles. The average Bonchev–Trinajstić information content (AvgIpc) is 3.06. The second-order valence-electron chi connectivity index (χ2n) is 5.83. The molecule has 7 heteroatoms. The number of nitrogens with zero attached hydrogens (tertiary/aromatic N) is 2. The lowest BCUT2D eigenvalue weighted by atomic mass is 10.1. The van der Waals surface area contributed by atoms with Gasteiger partial charge in [0.15, 0.2) is 0 Å². The first-order chi connectivity index (χ1) is 12.0. The van der Waals surface area contributed by atoms with Crippen molar-refractivity contribution in [2.45, 2.75) is 26.5 Å².